The number of aliphatic carboxylic acids is 1. The fourth-order valence-corrected chi connectivity index (χ4v) is 4.32. The molecule has 5 heterocycles. The summed E-state index contributed by atoms with van der Waals surface area (Å²) in [5, 5.41) is 22.8. The number of anilines is 1. The Labute approximate surface area is 193 Å². The van der Waals surface area contributed by atoms with Crippen molar-refractivity contribution in [3.8, 4) is 11.1 Å². The van der Waals surface area contributed by atoms with Gasteiger partial charge >= 0.3 is 5.97 Å². The minimum Gasteiger partial charge on any atom is -0.478 e. The molecule has 1 aromatic carbocycles. The summed E-state index contributed by atoms with van der Waals surface area (Å²) in [5.41, 5.74) is 2.67. The first-order valence-corrected chi connectivity index (χ1v) is 11.0. The van der Waals surface area contributed by atoms with Gasteiger partial charge in [-0.1, -0.05) is 16.4 Å². The van der Waals surface area contributed by atoms with E-state index in [1.54, 1.807) is 24.4 Å². The van der Waals surface area contributed by atoms with Gasteiger partial charge < -0.3 is 24.3 Å². The molecule has 0 amide bonds. The number of hydrogen-bond acceptors (Lipinski definition) is 10. The summed E-state index contributed by atoms with van der Waals surface area (Å²) < 4.78 is 26.7. The molecular weight excluding hydrogens is 447 g/mol. The highest BCUT2D eigenvalue weighted by atomic mass is 19.1. The molecule has 0 aliphatic carbocycles. The van der Waals surface area contributed by atoms with Crippen molar-refractivity contribution < 1.29 is 28.6 Å². The molecule has 1 aromatic heterocycles. The van der Waals surface area contributed by atoms with Crippen LogP contribution in [0.3, 0.4) is 0 Å². The molecule has 176 valence electrons. The van der Waals surface area contributed by atoms with E-state index in [0.29, 0.717) is 47.9 Å². The van der Waals surface area contributed by atoms with Gasteiger partial charge in [0, 0.05) is 36.0 Å². The molecule has 0 saturated carbocycles. The number of oxime groups is 1. The first-order chi connectivity index (χ1) is 16.5. The van der Waals surface area contributed by atoms with Crippen LogP contribution in [0.25, 0.3) is 11.1 Å². The van der Waals surface area contributed by atoms with Crippen LogP contribution in [0.5, 0.6) is 0 Å². The average Bonchev–Trinajstić information content (AvgIpc) is 3.21. The van der Waals surface area contributed by atoms with Gasteiger partial charge in [0.05, 0.1) is 31.4 Å². The van der Waals surface area contributed by atoms with Gasteiger partial charge in [-0.2, -0.15) is 5.11 Å². The number of epoxide rings is 1. The smallest absolute Gasteiger partial charge is 0.348 e. The summed E-state index contributed by atoms with van der Waals surface area (Å²) in [6.07, 6.45) is 0.0162. The number of benzene rings is 1. The van der Waals surface area contributed by atoms with Gasteiger partial charge in [0.1, 0.15) is 11.5 Å². The van der Waals surface area contributed by atoms with Crippen LogP contribution in [0.1, 0.15) is 12.1 Å². The van der Waals surface area contributed by atoms with Gasteiger partial charge in [-0.05, 0) is 24.3 Å². The van der Waals surface area contributed by atoms with E-state index in [1.807, 2.05) is 16.0 Å². The Bertz CT molecular complexity index is 1170. The number of hydrogen-bond donors (Lipinski definition) is 1. The van der Waals surface area contributed by atoms with Crippen molar-refractivity contribution in [2.45, 2.75) is 31.1 Å². The van der Waals surface area contributed by atoms with E-state index in [4.69, 9.17) is 19.4 Å². The number of aromatic nitrogens is 1. The van der Waals surface area contributed by atoms with Crippen LogP contribution < -0.4 is 4.90 Å². The maximum Gasteiger partial charge on any atom is 0.348 e. The van der Waals surface area contributed by atoms with E-state index in [-0.39, 0.29) is 30.9 Å². The molecule has 2 aromatic rings. The standard InChI is InChI=1S/C22H21FN6O5/c23-16-7-13(29-11-14(32-22-20(29)33-22)10-28-6-5-25-27-28)2-3-15(16)12-1-4-17(24-9-12)18-8-19(21(30)31)34-26-18/h1-4,7,9,14,19-20,22H,5-6,8,10-11H2,(H,30,31)/t14-,19?,20?,22?/m0/s1. The van der Waals surface area contributed by atoms with Crippen LogP contribution in [0.2, 0.25) is 0 Å². The normalized spacial score (nSPS) is 27.4. The zero-order valence-electron chi connectivity index (χ0n) is 18.0. The summed E-state index contributed by atoms with van der Waals surface area (Å²) in [6, 6.07) is 8.47. The fourth-order valence-electron chi connectivity index (χ4n) is 4.32. The minimum absolute atomic E-state index is 0.122. The Morgan fingerprint density at radius 3 is 2.85 bits per heavy atom. The second-order valence-corrected chi connectivity index (χ2v) is 8.44. The summed E-state index contributed by atoms with van der Waals surface area (Å²) in [7, 11) is 0. The highest BCUT2D eigenvalue weighted by molar-refractivity contribution is 6.02. The zero-order chi connectivity index (χ0) is 23.2. The van der Waals surface area contributed by atoms with Crippen molar-refractivity contribution in [3.05, 3.63) is 48.0 Å². The van der Waals surface area contributed by atoms with Crippen molar-refractivity contribution in [1.29, 1.82) is 0 Å². The van der Waals surface area contributed by atoms with E-state index in [9.17, 15) is 4.79 Å². The van der Waals surface area contributed by atoms with Crippen LogP contribution in [0.15, 0.2) is 52.0 Å². The Morgan fingerprint density at radius 2 is 2.15 bits per heavy atom. The van der Waals surface area contributed by atoms with E-state index >= 15 is 4.39 Å². The monoisotopic (exact) mass is 468 g/mol. The third-order valence-electron chi connectivity index (χ3n) is 6.12. The molecule has 34 heavy (non-hydrogen) atoms. The van der Waals surface area contributed by atoms with Crippen molar-refractivity contribution >= 4 is 17.4 Å². The van der Waals surface area contributed by atoms with E-state index in [1.165, 1.54) is 6.07 Å². The molecule has 4 aliphatic rings. The second-order valence-electron chi connectivity index (χ2n) is 8.44. The number of fused-ring (bicyclic) bond motifs is 1. The summed E-state index contributed by atoms with van der Waals surface area (Å²) >= 11 is 0. The van der Waals surface area contributed by atoms with E-state index in [2.05, 4.69) is 20.5 Å². The van der Waals surface area contributed by atoms with Crippen LogP contribution in [-0.2, 0) is 19.1 Å². The van der Waals surface area contributed by atoms with Crippen molar-refractivity contribution in [2.75, 3.05) is 31.1 Å². The molecule has 0 spiro atoms. The highest BCUT2D eigenvalue weighted by Gasteiger charge is 2.51. The molecule has 4 aliphatic heterocycles. The Hall–Kier alpha value is -3.64. The number of halogens is 1. The van der Waals surface area contributed by atoms with Crippen LogP contribution in [-0.4, -0.2) is 77.7 Å². The number of carboxylic acids is 1. The lowest BCUT2D eigenvalue weighted by atomic mass is 10.0. The first kappa shape index (κ1) is 20.9. The quantitative estimate of drug-likeness (QED) is 0.639. The molecule has 0 radical (unpaired) electrons. The molecule has 4 atom stereocenters. The number of ether oxygens (including phenoxy) is 2. The summed E-state index contributed by atoms with van der Waals surface area (Å²) in [4.78, 5) is 22.3. The van der Waals surface area contributed by atoms with E-state index < -0.39 is 12.1 Å². The molecular formula is C22H21FN6O5. The van der Waals surface area contributed by atoms with Crippen LogP contribution in [0.4, 0.5) is 10.1 Å². The lowest BCUT2D eigenvalue weighted by Crippen LogP contribution is -2.46. The molecule has 12 heteroatoms. The molecule has 11 nitrogen and oxygen atoms in total. The average molecular weight is 468 g/mol. The number of nitrogens with zero attached hydrogens (tertiary/aromatic N) is 6. The van der Waals surface area contributed by atoms with Gasteiger partial charge in [0.25, 0.3) is 0 Å². The van der Waals surface area contributed by atoms with Crippen molar-refractivity contribution in [1.82, 2.24) is 9.99 Å². The van der Waals surface area contributed by atoms with Gasteiger partial charge in [-0.25, -0.2) is 9.18 Å². The van der Waals surface area contributed by atoms with Gasteiger partial charge in [-0.15, -0.1) is 0 Å². The summed E-state index contributed by atoms with van der Waals surface area (Å²) in [5.74, 6) is -1.46. The number of morpholine rings is 1. The molecule has 2 saturated heterocycles. The summed E-state index contributed by atoms with van der Waals surface area (Å²) in [6.45, 7) is 2.62. The highest BCUT2D eigenvalue weighted by Crippen LogP contribution is 2.38. The number of rotatable bonds is 6. The maximum atomic E-state index is 15.1. The van der Waals surface area contributed by atoms with E-state index in [0.717, 1.165) is 6.54 Å². The third kappa shape index (κ3) is 3.94. The predicted molar refractivity (Wildman–Crippen MR) is 115 cm³/mol. The molecule has 1 N–H and O–H groups in total. The Balaban J connectivity index is 1.16. The van der Waals surface area contributed by atoms with Crippen molar-refractivity contribution in [2.24, 2.45) is 15.5 Å². The van der Waals surface area contributed by atoms with Gasteiger partial charge in [0.2, 0.25) is 12.4 Å². The zero-order valence-corrected chi connectivity index (χ0v) is 18.0. The van der Waals surface area contributed by atoms with Gasteiger partial charge in [-0.3, -0.25) is 9.99 Å². The lowest BCUT2D eigenvalue weighted by molar-refractivity contribution is -0.148. The second kappa shape index (κ2) is 8.29. The lowest BCUT2D eigenvalue weighted by Gasteiger charge is -2.32. The first-order valence-electron chi connectivity index (χ1n) is 11.0. The Kier molecular flexibility index (Phi) is 5.11. The van der Waals surface area contributed by atoms with Crippen LogP contribution >= 0.6 is 0 Å². The topological polar surface area (TPSA) is 125 Å². The van der Waals surface area contributed by atoms with Crippen molar-refractivity contribution in [3.63, 3.8) is 0 Å². The fraction of sp³-hybridized carbons (Fsp3) is 0.409. The third-order valence-corrected chi connectivity index (χ3v) is 6.12. The largest absolute Gasteiger partial charge is 0.478 e. The predicted octanol–water partition coefficient (Wildman–Crippen LogP) is 2.04. The number of pyridine rings is 1. The number of carbonyl (C=O) groups is 1. The molecule has 6 rings (SSSR count). The van der Waals surface area contributed by atoms with Gasteiger partial charge in [0.15, 0.2) is 6.23 Å². The Morgan fingerprint density at radius 1 is 1.24 bits per heavy atom. The van der Waals surface area contributed by atoms with Crippen LogP contribution in [0, 0.1) is 5.82 Å². The molecule has 0 bridgehead atoms. The molecule has 3 unspecified atom stereocenters. The number of carboxylic acid groups (broad SMARTS) is 1. The molecule has 2 fully saturated rings. The minimum atomic E-state index is -1.08. The maximum absolute atomic E-state index is 15.1. The SMILES string of the molecule is O=C(O)C1CC(c2ccc(-c3ccc(N4C[C@H](CN5CCN=N5)OC5OC54)cc3F)cn2)=NO1.